The summed E-state index contributed by atoms with van der Waals surface area (Å²) in [7, 11) is 0. The number of hydrogen-bond acceptors (Lipinski definition) is 5. The Hall–Kier alpha value is -1.46. The van der Waals surface area contributed by atoms with Crippen molar-refractivity contribution in [3.8, 4) is 0 Å². The third-order valence-corrected chi connectivity index (χ3v) is 5.30. The van der Waals surface area contributed by atoms with Gasteiger partial charge in [0, 0.05) is 19.3 Å². The summed E-state index contributed by atoms with van der Waals surface area (Å²) in [6.07, 6.45) is 6.75. The second kappa shape index (κ2) is 11.5. The van der Waals surface area contributed by atoms with Gasteiger partial charge in [0.25, 0.3) is 0 Å². The van der Waals surface area contributed by atoms with Gasteiger partial charge >= 0.3 is 5.97 Å². The van der Waals surface area contributed by atoms with Crippen LogP contribution in [0.5, 0.6) is 0 Å². The molecule has 0 amide bonds. The van der Waals surface area contributed by atoms with Gasteiger partial charge in [-0.2, -0.15) is 0 Å². The molecular formula is C22H33ClO5. The van der Waals surface area contributed by atoms with Gasteiger partial charge in [0.1, 0.15) is 17.5 Å². The minimum Gasteiger partial charge on any atom is -0.459 e. The monoisotopic (exact) mass is 412 g/mol. The first-order valence-corrected chi connectivity index (χ1v) is 10.3. The maximum atomic E-state index is 12.2. The smallest absolute Gasteiger partial charge is 0.303 e. The van der Waals surface area contributed by atoms with Crippen LogP contribution in [0.2, 0.25) is 0 Å². The first-order chi connectivity index (χ1) is 13.0. The number of allylic oxidation sites excluding steroid dienone is 3. The highest BCUT2D eigenvalue weighted by Crippen LogP contribution is 2.34. The maximum Gasteiger partial charge on any atom is 0.303 e. The predicted molar refractivity (Wildman–Crippen MR) is 110 cm³/mol. The topological polar surface area (TPSA) is 69.7 Å². The SMILES string of the molecule is CC(=O)O[C@@H]1CC/C(=C\C(=O)Cl)CO[C@@]1(C)CCCC(C)C(=O)CC=C(C)C. The van der Waals surface area contributed by atoms with Crippen molar-refractivity contribution in [1.82, 2.24) is 0 Å². The molecule has 0 saturated carbocycles. The molecule has 0 spiro atoms. The molecule has 1 fully saturated rings. The molecule has 0 N–H and O–H groups in total. The Morgan fingerprint density at radius 2 is 2.00 bits per heavy atom. The number of hydrogen-bond donors (Lipinski definition) is 0. The molecule has 0 bridgehead atoms. The molecule has 1 heterocycles. The zero-order valence-corrected chi connectivity index (χ0v) is 18.4. The highest BCUT2D eigenvalue weighted by Gasteiger charge is 2.39. The number of carbonyl (C=O) groups excluding carboxylic acids is 3. The van der Waals surface area contributed by atoms with Crippen molar-refractivity contribution in [2.24, 2.45) is 5.92 Å². The average Bonchev–Trinajstić information content (AvgIpc) is 2.72. The fourth-order valence-electron chi connectivity index (χ4n) is 3.36. The summed E-state index contributed by atoms with van der Waals surface area (Å²) >= 11 is 5.46. The molecule has 3 atom stereocenters. The Labute approximate surface area is 173 Å². The van der Waals surface area contributed by atoms with Gasteiger partial charge in [-0.05, 0) is 76.1 Å². The Morgan fingerprint density at radius 3 is 2.57 bits per heavy atom. The summed E-state index contributed by atoms with van der Waals surface area (Å²) in [4.78, 5) is 34.9. The molecule has 158 valence electrons. The van der Waals surface area contributed by atoms with E-state index in [0.29, 0.717) is 25.7 Å². The summed E-state index contributed by atoms with van der Waals surface area (Å²) in [5, 5.41) is -0.532. The van der Waals surface area contributed by atoms with Crippen molar-refractivity contribution in [3.63, 3.8) is 0 Å². The van der Waals surface area contributed by atoms with Crippen LogP contribution in [0.15, 0.2) is 23.3 Å². The van der Waals surface area contributed by atoms with Gasteiger partial charge in [-0.3, -0.25) is 14.4 Å². The van der Waals surface area contributed by atoms with Crippen molar-refractivity contribution in [2.75, 3.05) is 6.61 Å². The summed E-state index contributed by atoms with van der Waals surface area (Å²) < 4.78 is 11.6. The highest BCUT2D eigenvalue weighted by molar-refractivity contribution is 6.66. The average molecular weight is 413 g/mol. The van der Waals surface area contributed by atoms with Crippen molar-refractivity contribution in [2.45, 2.75) is 84.8 Å². The van der Waals surface area contributed by atoms with Gasteiger partial charge in [-0.15, -0.1) is 0 Å². The third kappa shape index (κ3) is 8.70. The zero-order chi connectivity index (χ0) is 21.3. The van der Waals surface area contributed by atoms with Crippen molar-refractivity contribution in [1.29, 1.82) is 0 Å². The zero-order valence-electron chi connectivity index (χ0n) is 17.7. The largest absolute Gasteiger partial charge is 0.459 e. The standard InChI is InChI=1S/C22H33ClO5/c1-15(2)8-10-19(25)16(3)7-6-12-22(5)20(28-17(4)24)11-9-18(14-27-22)13-21(23)26/h8,13,16,20H,6-7,9-12,14H2,1-5H3/b18-13+/t16?,20-,22+/m1/s1. The van der Waals surface area contributed by atoms with Gasteiger partial charge < -0.3 is 9.47 Å². The van der Waals surface area contributed by atoms with Gasteiger partial charge in [0.05, 0.1) is 6.61 Å². The molecule has 0 radical (unpaired) electrons. The van der Waals surface area contributed by atoms with Gasteiger partial charge in [-0.1, -0.05) is 18.6 Å². The van der Waals surface area contributed by atoms with E-state index in [1.54, 1.807) is 0 Å². The molecule has 1 aliphatic rings. The van der Waals surface area contributed by atoms with E-state index < -0.39 is 16.9 Å². The molecular weight excluding hydrogens is 380 g/mol. The summed E-state index contributed by atoms with van der Waals surface area (Å²) in [5.41, 5.74) is 1.27. The van der Waals surface area contributed by atoms with Crippen molar-refractivity contribution in [3.05, 3.63) is 23.3 Å². The summed E-state index contributed by atoms with van der Waals surface area (Å²) in [5.74, 6) is -0.150. The molecule has 1 unspecified atom stereocenters. The molecule has 0 aromatic heterocycles. The molecule has 1 rings (SSSR count). The van der Waals surface area contributed by atoms with Crippen LogP contribution in [0.3, 0.4) is 0 Å². The van der Waals surface area contributed by atoms with Crippen LogP contribution in [0.25, 0.3) is 0 Å². The molecule has 6 heteroatoms. The molecule has 5 nitrogen and oxygen atoms in total. The highest BCUT2D eigenvalue weighted by atomic mass is 35.5. The lowest BCUT2D eigenvalue weighted by atomic mass is 9.87. The normalized spacial score (nSPS) is 24.9. The van der Waals surface area contributed by atoms with E-state index in [2.05, 4.69) is 0 Å². The van der Waals surface area contributed by atoms with Crippen molar-refractivity contribution >= 4 is 28.6 Å². The first kappa shape index (κ1) is 24.6. The Balaban J connectivity index is 2.74. The van der Waals surface area contributed by atoms with Crippen LogP contribution in [-0.2, 0) is 23.9 Å². The van der Waals surface area contributed by atoms with Gasteiger partial charge in [0.2, 0.25) is 5.24 Å². The number of carbonyl (C=O) groups is 3. The minimum absolute atomic E-state index is 0.0264. The van der Waals surface area contributed by atoms with E-state index >= 15 is 0 Å². The van der Waals surface area contributed by atoms with E-state index in [-0.39, 0.29) is 24.3 Å². The van der Waals surface area contributed by atoms with Crippen molar-refractivity contribution < 1.29 is 23.9 Å². The van der Waals surface area contributed by atoms with E-state index in [9.17, 15) is 14.4 Å². The molecule has 1 aliphatic heterocycles. The molecule has 0 aromatic rings. The number of halogens is 1. The number of rotatable bonds is 9. The van der Waals surface area contributed by atoms with Crippen LogP contribution >= 0.6 is 11.6 Å². The van der Waals surface area contributed by atoms with Crippen LogP contribution < -0.4 is 0 Å². The minimum atomic E-state index is -0.667. The quantitative estimate of drug-likeness (QED) is 0.233. The fraction of sp³-hybridized carbons (Fsp3) is 0.682. The molecule has 28 heavy (non-hydrogen) atoms. The van der Waals surface area contributed by atoms with Crippen LogP contribution in [-0.4, -0.2) is 35.3 Å². The number of ether oxygens (including phenoxy) is 2. The first-order valence-electron chi connectivity index (χ1n) is 9.89. The maximum absolute atomic E-state index is 12.2. The lowest BCUT2D eigenvalue weighted by molar-refractivity contribution is -0.167. The summed E-state index contributed by atoms with van der Waals surface area (Å²) in [6.45, 7) is 9.52. The molecule has 0 aromatic carbocycles. The van der Waals surface area contributed by atoms with E-state index in [0.717, 1.165) is 24.0 Å². The Bertz CT molecular complexity index is 633. The Morgan fingerprint density at radius 1 is 1.32 bits per heavy atom. The van der Waals surface area contributed by atoms with Gasteiger partial charge in [0.15, 0.2) is 0 Å². The predicted octanol–water partition coefficient (Wildman–Crippen LogP) is 4.91. The van der Waals surface area contributed by atoms with E-state index in [1.807, 2.05) is 33.8 Å². The third-order valence-electron chi connectivity index (χ3n) is 5.19. The number of esters is 1. The fourth-order valence-corrected chi connectivity index (χ4v) is 3.52. The lowest BCUT2D eigenvalue weighted by Gasteiger charge is -2.35. The molecule has 1 saturated heterocycles. The van der Waals surface area contributed by atoms with Gasteiger partial charge in [-0.25, -0.2) is 0 Å². The van der Waals surface area contributed by atoms with E-state index in [1.165, 1.54) is 13.0 Å². The van der Waals surface area contributed by atoms with Crippen LogP contribution in [0.1, 0.15) is 73.1 Å². The van der Waals surface area contributed by atoms with Crippen LogP contribution in [0, 0.1) is 5.92 Å². The van der Waals surface area contributed by atoms with Crippen LogP contribution in [0.4, 0.5) is 0 Å². The molecule has 0 aliphatic carbocycles. The lowest BCUT2D eigenvalue weighted by Crippen LogP contribution is -2.43. The summed E-state index contributed by atoms with van der Waals surface area (Å²) in [6, 6.07) is 0. The van der Waals surface area contributed by atoms with E-state index in [4.69, 9.17) is 21.1 Å². The number of Topliss-reactive ketones (excluding diaryl/α,β-unsaturated/α-hetero) is 1. The Kier molecular flexibility index (Phi) is 10.1. The second-order valence-corrected chi connectivity index (χ2v) is 8.46. The second-order valence-electron chi connectivity index (χ2n) is 8.09. The number of ketones is 1.